The van der Waals surface area contributed by atoms with E-state index in [1.165, 1.54) is 0 Å². The zero-order valence-corrected chi connectivity index (χ0v) is 19.8. The number of carboxylic acid groups (broad SMARTS) is 1. The van der Waals surface area contributed by atoms with Crippen molar-refractivity contribution in [1.29, 1.82) is 0 Å². The lowest BCUT2D eigenvalue weighted by atomic mass is 10.1. The number of fused-ring (bicyclic) bond motifs is 1. The molecule has 0 saturated heterocycles. The van der Waals surface area contributed by atoms with Crippen molar-refractivity contribution in [3.05, 3.63) is 87.3 Å². The maximum Gasteiger partial charge on any atom is 0.349 e. The standard InChI is InChI=1S/C25H23Cl2N3O3/c1-3-5-20-29-22-15(2)12-13-28-24(22)30(20)14-16-8-10-17(11-9-16)33-23(25(31)32)21-18(26)6-4-7-19(21)27/h4,6-13,23H,3,5,14H2,1-2H3,(H,31,32). The molecule has 170 valence electrons. The molecule has 1 atom stereocenters. The second-order valence-electron chi connectivity index (χ2n) is 7.78. The normalized spacial score (nSPS) is 12.1. The molecule has 0 aliphatic carbocycles. The Labute approximate surface area is 201 Å². The van der Waals surface area contributed by atoms with Gasteiger partial charge in [0.05, 0.1) is 6.54 Å². The number of ether oxygens (including phenoxy) is 1. The second-order valence-corrected chi connectivity index (χ2v) is 8.59. The smallest absolute Gasteiger partial charge is 0.349 e. The van der Waals surface area contributed by atoms with Crippen LogP contribution >= 0.6 is 23.2 Å². The van der Waals surface area contributed by atoms with E-state index in [-0.39, 0.29) is 15.6 Å². The number of aryl methyl sites for hydroxylation is 2. The number of benzene rings is 2. The van der Waals surface area contributed by atoms with Gasteiger partial charge in [-0.25, -0.2) is 14.8 Å². The first-order valence-electron chi connectivity index (χ1n) is 10.6. The molecule has 1 N–H and O–H groups in total. The average Bonchev–Trinajstić information content (AvgIpc) is 3.13. The second kappa shape index (κ2) is 9.81. The lowest BCUT2D eigenvalue weighted by Crippen LogP contribution is -2.19. The third kappa shape index (κ3) is 4.82. The quantitative estimate of drug-likeness (QED) is 0.320. The van der Waals surface area contributed by atoms with E-state index in [0.29, 0.717) is 12.3 Å². The van der Waals surface area contributed by atoms with Gasteiger partial charge in [0.1, 0.15) is 17.1 Å². The summed E-state index contributed by atoms with van der Waals surface area (Å²) < 4.78 is 7.89. The number of nitrogens with zero attached hydrogens (tertiary/aromatic N) is 3. The number of aliphatic carboxylic acids is 1. The number of hydrogen-bond donors (Lipinski definition) is 1. The molecule has 0 radical (unpaired) electrons. The molecular weight excluding hydrogens is 461 g/mol. The molecule has 6 nitrogen and oxygen atoms in total. The first kappa shape index (κ1) is 23.1. The van der Waals surface area contributed by atoms with Gasteiger partial charge in [0, 0.05) is 28.2 Å². The highest BCUT2D eigenvalue weighted by molar-refractivity contribution is 6.36. The number of carbonyl (C=O) groups is 1. The molecule has 0 aliphatic heterocycles. The lowest BCUT2D eigenvalue weighted by Gasteiger charge is -2.18. The molecule has 0 amide bonds. The maximum absolute atomic E-state index is 11.9. The van der Waals surface area contributed by atoms with Gasteiger partial charge in [0.2, 0.25) is 6.10 Å². The van der Waals surface area contributed by atoms with Crippen LogP contribution in [-0.2, 0) is 17.8 Å². The Balaban J connectivity index is 1.60. The lowest BCUT2D eigenvalue weighted by molar-refractivity contribution is -0.145. The van der Waals surface area contributed by atoms with E-state index in [1.807, 2.05) is 25.1 Å². The highest BCUT2D eigenvalue weighted by atomic mass is 35.5. The first-order chi connectivity index (χ1) is 15.9. The van der Waals surface area contributed by atoms with Crippen LogP contribution in [-0.4, -0.2) is 25.6 Å². The van der Waals surface area contributed by atoms with E-state index < -0.39 is 12.1 Å². The van der Waals surface area contributed by atoms with Gasteiger partial charge in [-0.05, 0) is 54.8 Å². The summed E-state index contributed by atoms with van der Waals surface area (Å²) in [7, 11) is 0. The minimum Gasteiger partial charge on any atom is -0.478 e. The molecule has 8 heteroatoms. The fourth-order valence-corrected chi connectivity index (χ4v) is 4.35. The van der Waals surface area contributed by atoms with Crippen LogP contribution in [0.4, 0.5) is 0 Å². The predicted molar refractivity (Wildman–Crippen MR) is 129 cm³/mol. The van der Waals surface area contributed by atoms with Crippen LogP contribution in [0.15, 0.2) is 54.7 Å². The number of carboxylic acids is 1. The zero-order chi connectivity index (χ0) is 23.5. The Hall–Kier alpha value is -3.09. The van der Waals surface area contributed by atoms with Gasteiger partial charge in [0.15, 0.2) is 5.65 Å². The molecule has 0 fully saturated rings. The van der Waals surface area contributed by atoms with Gasteiger partial charge >= 0.3 is 5.97 Å². The minimum absolute atomic E-state index is 0.230. The van der Waals surface area contributed by atoms with Crippen LogP contribution < -0.4 is 4.74 Å². The number of rotatable bonds is 8. The third-order valence-electron chi connectivity index (χ3n) is 5.39. The first-order valence-corrected chi connectivity index (χ1v) is 11.4. The van der Waals surface area contributed by atoms with Gasteiger partial charge in [-0.15, -0.1) is 0 Å². The molecule has 4 aromatic rings. The Morgan fingerprint density at radius 1 is 1.12 bits per heavy atom. The molecule has 33 heavy (non-hydrogen) atoms. The van der Waals surface area contributed by atoms with Crippen molar-refractivity contribution in [3.8, 4) is 5.75 Å². The van der Waals surface area contributed by atoms with E-state index in [9.17, 15) is 9.90 Å². The molecular formula is C25H23Cl2N3O3. The summed E-state index contributed by atoms with van der Waals surface area (Å²) in [6.45, 7) is 4.76. The van der Waals surface area contributed by atoms with Gasteiger partial charge in [-0.3, -0.25) is 0 Å². The fourth-order valence-electron chi connectivity index (χ4n) is 3.75. The molecule has 2 heterocycles. The van der Waals surface area contributed by atoms with Crippen molar-refractivity contribution in [2.24, 2.45) is 0 Å². The van der Waals surface area contributed by atoms with Crippen molar-refractivity contribution in [2.75, 3.05) is 0 Å². The van der Waals surface area contributed by atoms with Crippen LogP contribution in [0.5, 0.6) is 5.75 Å². The monoisotopic (exact) mass is 483 g/mol. The van der Waals surface area contributed by atoms with E-state index in [4.69, 9.17) is 32.9 Å². The molecule has 4 rings (SSSR count). The molecule has 0 spiro atoms. The summed E-state index contributed by atoms with van der Waals surface area (Å²) in [6, 6.07) is 14.1. The predicted octanol–water partition coefficient (Wildman–Crippen LogP) is 6.25. The van der Waals surface area contributed by atoms with Crippen molar-refractivity contribution in [3.63, 3.8) is 0 Å². The molecule has 2 aromatic heterocycles. The largest absolute Gasteiger partial charge is 0.478 e. The van der Waals surface area contributed by atoms with Crippen LogP contribution in [0.25, 0.3) is 11.2 Å². The average molecular weight is 484 g/mol. The van der Waals surface area contributed by atoms with Crippen LogP contribution in [0.3, 0.4) is 0 Å². The van der Waals surface area contributed by atoms with Crippen LogP contribution in [0.2, 0.25) is 10.0 Å². The minimum atomic E-state index is -1.32. The fraction of sp³-hybridized carbons (Fsp3) is 0.240. The highest BCUT2D eigenvalue weighted by Gasteiger charge is 2.27. The maximum atomic E-state index is 11.9. The summed E-state index contributed by atoms with van der Waals surface area (Å²) in [5.41, 5.74) is 4.12. The molecule has 0 aliphatic rings. The van der Waals surface area contributed by atoms with Crippen molar-refractivity contribution in [1.82, 2.24) is 14.5 Å². The number of aromatic nitrogens is 3. The summed E-state index contributed by atoms with van der Waals surface area (Å²) >= 11 is 12.4. The third-order valence-corrected chi connectivity index (χ3v) is 6.05. The van der Waals surface area contributed by atoms with Crippen molar-refractivity contribution in [2.45, 2.75) is 39.3 Å². The Bertz CT molecular complexity index is 1280. The summed E-state index contributed by atoms with van der Waals surface area (Å²) in [6.07, 6.45) is 2.32. The number of imidazole rings is 1. The molecule has 2 aromatic carbocycles. The van der Waals surface area contributed by atoms with Crippen LogP contribution in [0.1, 0.15) is 42.0 Å². The Morgan fingerprint density at radius 2 is 1.82 bits per heavy atom. The Kier molecular flexibility index (Phi) is 6.86. The number of hydrogen-bond acceptors (Lipinski definition) is 4. The highest BCUT2D eigenvalue weighted by Crippen LogP contribution is 2.33. The van der Waals surface area contributed by atoms with Gasteiger partial charge in [-0.2, -0.15) is 0 Å². The van der Waals surface area contributed by atoms with E-state index in [0.717, 1.165) is 41.0 Å². The van der Waals surface area contributed by atoms with Gasteiger partial charge < -0.3 is 14.4 Å². The topological polar surface area (TPSA) is 77.2 Å². The summed E-state index contributed by atoms with van der Waals surface area (Å²) in [5, 5.41) is 10.2. The van der Waals surface area contributed by atoms with Gasteiger partial charge in [-0.1, -0.05) is 48.3 Å². The summed E-state index contributed by atoms with van der Waals surface area (Å²) in [4.78, 5) is 21.2. The Morgan fingerprint density at radius 3 is 2.45 bits per heavy atom. The van der Waals surface area contributed by atoms with Crippen LogP contribution in [0, 0.1) is 6.92 Å². The van der Waals surface area contributed by atoms with E-state index in [2.05, 4.69) is 16.5 Å². The molecule has 1 unspecified atom stereocenters. The number of pyridine rings is 1. The zero-order valence-electron chi connectivity index (χ0n) is 18.3. The molecule has 0 bridgehead atoms. The SMILES string of the molecule is CCCc1nc2c(C)ccnc2n1Cc1ccc(OC(C(=O)O)c2c(Cl)cccc2Cl)cc1. The molecule has 0 saturated carbocycles. The van der Waals surface area contributed by atoms with E-state index in [1.54, 1.807) is 36.5 Å². The van der Waals surface area contributed by atoms with Crippen molar-refractivity contribution >= 4 is 40.3 Å². The van der Waals surface area contributed by atoms with Gasteiger partial charge in [0.25, 0.3) is 0 Å². The summed E-state index contributed by atoms with van der Waals surface area (Å²) in [5.74, 6) is 0.221. The van der Waals surface area contributed by atoms with E-state index >= 15 is 0 Å². The number of halogens is 2. The van der Waals surface area contributed by atoms with Crippen molar-refractivity contribution < 1.29 is 14.6 Å².